The average Bonchev–Trinajstić information content (AvgIpc) is 2.77. The van der Waals surface area contributed by atoms with Crippen LogP contribution in [0.2, 0.25) is 0 Å². The first-order chi connectivity index (χ1) is 8.24. The van der Waals surface area contributed by atoms with Crippen LogP contribution in [0, 0.1) is 0 Å². The molecule has 4 nitrogen and oxygen atoms in total. The van der Waals surface area contributed by atoms with Crippen LogP contribution in [0.5, 0.6) is 5.75 Å². The molecule has 1 aromatic carbocycles. The number of carbonyl (C=O) groups is 1. The van der Waals surface area contributed by atoms with Crippen molar-refractivity contribution in [2.45, 2.75) is 12.8 Å². The van der Waals surface area contributed by atoms with Crippen LogP contribution in [0.15, 0.2) is 24.4 Å². The highest BCUT2D eigenvalue weighted by atomic mass is 16.5. The molecule has 1 aromatic heterocycles. The quantitative estimate of drug-likeness (QED) is 0.824. The fourth-order valence-electron chi connectivity index (χ4n) is 1.84. The molecule has 0 saturated heterocycles. The minimum absolute atomic E-state index is 0.187. The Morgan fingerprint density at radius 3 is 2.88 bits per heavy atom. The van der Waals surface area contributed by atoms with Gasteiger partial charge in [0.2, 0.25) is 0 Å². The molecule has 2 aromatic rings. The molecule has 0 atom stereocenters. The first kappa shape index (κ1) is 11.5. The predicted molar refractivity (Wildman–Crippen MR) is 65.2 cm³/mol. The van der Waals surface area contributed by atoms with Gasteiger partial charge in [-0.05, 0) is 24.1 Å². The van der Waals surface area contributed by atoms with Gasteiger partial charge in [-0.15, -0.1) is 0 Å². The highest BCUT2D eigenvalue weighted by molar-refractivity contribution is 5.85. The molecule has 0 amide bonds. The number of carbonyl (C=O) groups excluding carboxylic acids is 1. The third kappa shape index (κ3) is 2.41. The summed E-state index contributed by atoms with van der Waals surface area (Å²) >= 11 is 0. The van der Waals surface area contributed by atoms with Gasteiger partial charge < -0.3 is 14.5 Å². The molecule has 17 heavy (non-hydrogen) atoms. The smallest absolute Gasteiger partial charge is 0.305 e. The number of aromatic amines is 1. The van der Waals surface area contributed by atoms with Crippen LogP contribution >= 0.6 is 0 Å². The zero-order valence-corrected chi connectivity index (χ0v) is 9.95. The number of fused-ring (bicyclic) bond motifs is 1. The fraction of sp³-hybridized carbons (Fsp3) is 0.308. The zero-order chi connectivity index (χ0) is 12.3. The SMILES string of the molecule is COC(=O)CCc1c[nH]c2cc(OC)ccc12. The Bertz CT molecular complexity index is 530. The van der Waals surface area contributed by atoms with Crippen LogP contribution in [0.4, 0.5) is 0 Å². The summed E-state index contributed by atoms with van der Waals surface area (Å²) in [4.78, 5) is 14.3. The van der Waals surface area contributed by atoms with Crippen LogP contribution in [0.3, 0.4) is 0 Å². The zero-order valence-electron chi connectivity index (χ0n) is 9.95. The minimum atomic E-state index is -0.187. The molecule has 0 aliphatic carbocycles. The molecular weight excluding hydrogens is 218 g/mol. The number of hydrogen-bond acceptors (Lipinski definition) is 3. The second-order valence-electron chi connectivity index (χ2n) is 3.80. The van der Waals surface area contributed by atoms with E-state index in [1.807, 2.05) is 24.4 Å². The Morgan fingerprint density at radius 1 is 1.35 bits per heavy atom. The summed E-state index contributed by atoms with van der Waals surface area (Å²) in [5.74, 6) is 0.631. The average molecular weight is 233 g/mol. The molecule has 0 aliphatic heterocycles. The maximum atomic E-state index is 11.1. The Hall–Kier alpha value is -1.97. The molecule has 0 fully saturated rings. The number of esters is 1. The van der Waals surface area contributed by atoms with Crippen molar-refractivity contribution in [2.24, 2.45) is 0 Å². The Labute approximate surface area is 99.5 Å². The Morgan fingerprint density at radius 2 is 2.18 bits per heavy atom. The van der Waals surface area contributed by atoms with Gasteiger partial charge in [-0.25, -0.2) is 0 Å². The molecule has 0 spiro atoms. The lowest BCUT2D eigenvalue weighted by molar-refractivity contribution is -0.140. The summed E-state index contributed by atoms with van der Waals surface area (Å²) in [6.07, 6.45) is 3.00. The molecule has 0 bridgehead atoms. The summed E-state index contributed by atoms with van der Waals surface area (Å²) in [6.45, 7) is 0. The van der Waals surface area contributed by atoms with Gasteiger partial charge in [0, 0.05) is 29.6 Å². The number of H-pyrrole nitrogens is 1. The number of hydrogen-bond donors (Lipinski definition) is 1. The van der Waals surface area contributed by atoms with Crippen molar-refractivity contribution in [1.29, 1.82) is 0 Å². The second kappa shape index (κ2) is 4.91. The molecule has 4 heteroatoms. The van der Waals surface area contributed by atoms with Crippen molar-refractivity contribution < 1.29 is 14.3 Å². The molecule has 1 heterocycles. The van der Waals surface area contributed by atoms with Gasteiger partial charge in [-0.1, -0.05) is 0 Å². The summed E-state index contributed by atoms with van der Waals surface area (Å²) in [5, 5.41) is 1.12. The van der Waals surface area contributed by atoms with Gasteiger partial charge in [0.25, 0.3) is 0 Å². The van der Waals surface area contributed by atoms with E-state index in [0.717, 1.165) is 22.2 Å². The lowest BCUT2D eigenvalue weighted by Crippen LogP contribution is -2.01. The van der Waals surface area contributed by atoms with Crippen molar-refractivity contribution >= 4 is 16.9 Å². The molecule has 0 saturated carbocycles. The van der Waals surface area contributed by atoms with Gasteiger partial charge in [0.1, 0.15) is 5.75 Å². The lowest BCUT2D eigenvalue weighted by atomic mass is 10.1. The Balaban J connectivity index is 2.21. The fourth-order valence-corrected chi connectivity index (χ4v) is 1.84. The summed E-state index contributed by atoms with van der Waals surface area (Å²) in [6, 6.07) is 5.85. The van der Waals surface area contributed by atoms with Crippen LogP contribution in [0.1, 0.15) is 12.0 Å². The standard InChI is InChI=1S/C13H15NO3/c1-16-10-4-5-11-9(3-6-13(15)17-2)8-14-12(11)7-10/h4-5,7-8,14H,3,6H2,1-2H3. The van der Waals surface area contributed by atoms with Gasteiger partial charge in [-0.2, -0.15) is 0 Å². The molecular formula is C13H15NO3. The van der Waals surface area contributed by atoms with Crippen molar-refractivity contribution in [2.75, 3.05) is 14.2 Å². The monoisotopic (exact) mass is 233 g/mol. The molecule has 0 aliphatic rings. The largest absolute Gasteiger partial charge is 0.497 e. The van der Waals surface area contributed by atoms with Crippen LogP contribution in [0.25, 0.3) is 10.9 Å². The van der Waals surface area contributed by atoms with E-state index in [-0.39, 0.29) is 5.97 Å². The lowest BCUT2D eigenvalue weighted by Gasteiger charge is -2.01. The minimum Gasteiger partial charge on any atom is -0.497 e. The van der Waals surface area contributed by atoms with E-state index in [2.05, 4.69) is 9.72 Å². The third-order valence-electron chi connectivity index (χ3n) is 2.80. The summed E-state index contributed by atoms with van der Waals surface area (Å²) < 4.78 is 9.78. The number of aromatic nitrogens is 1. The number of rotatable bonds is 4. The number of aryl methyl sites for hydroxylation is 1. The maximum Gasteiger partial charge on any atom is 0.305 e. The molecule has 2 rings (SSSR count). The van der Waals surface area contributed by atoms with E-state index >= 15 is 0 Å². The van der Waals surface area contributed by atoms with Crippen LogP contribution < -0.4 is 4.74 Å². The highest BCUT2D eigenvalue weighted by Gasteiger charge is 2.07. The number of nitrogens with one attached hydrogen (secondary N) is 1. The number of benzene rings is 1. The van der Waals surface area contributed by atoms with Crippen LogP contribution in [-0.2, 0) is 16.0 Å². The molecule has 0 unspecified atom stereocenters. The van der Waals surface area contributed by atoms with Crippen molar-refractivity contribution in [1.82, 2.24) is 4.98 Å². The number of methoxy groups -OCH3 is 2. The van der Waals surface area contributed by atoms with Gasteiger partial charge >= 0.3 is 5.97 Å². The van der Waals surface area contributed by atoms with Crippen molar-refractivity contribution in [3.05, 3.63) is 30.0 Å². The van der Waals surface area contributed by atoms with Gasteiger partial charge in [0.05, 0.1) is 14.2 Å². The van der Waals surface area contributed by atoms with Crippen molar-refractivity contribution in [3.8, 4) is 5.75 Å². The van der Waals surface area contributed by atoms with E-state index in [4.69, 9.17) is 4.74 Å². The summed E-state index contributed by atoms with van der Waals surface area (Å²) in [7, 11) is 3.05. The third-order valence-corrected chi connectivity index (χ3v) is 2.80. The highest BCUT2D eigenvalue weighted by Crippen LogP contribution is 2.23. The van der Waals surface area contributed by atoms with Gasteiger partial charge in [-0.3, -0.25) is 4.79 Å². The molecule has 0 radical (unpaired) electrons. The van der Waals surface area contributed by atoms with E-state index in [9.17, 15) is 4.79 Å². The maximum absolute atomic E-state index is 11.1. The van der Waals surface area contributed by atoms with Crippen LogP contribution in [-0.4, -0.2) is 25.2 Å². The van der Waals surface area contributed by atoms with E-state index in [0.29, 0.717) is 12.8 Å². The first-order valence-electron chi connectivity index (χ1n) is 5.45. The molecule has 90 valence electrons. The number of ether oxygens (including phenoxy) is 2. The Kier molecular flexibility index (Phi) is 3.32. The van der Waals surface area contributed by atoms with Crippen molar-refractivity contribution in [3.63, 3.8) is 0 Å². The molecule has 1 N–H and O–H groups in total. The predicted octanol–water partition coefficient (Wildman–Crippen LogP) is 2.28. The normalized spacial score (nSPS) is 10.5. The van der Waals surface area contributed by atoms with E-state index in [1.165, 1.54) is 7.11 Å². The second-order valence-corrected chi connectivity index (χ2v) is 3.80. The summed E-state index contributed by atoms with van der Waals surface area (Å²) in [5.41, 5.74) is 2.14. The topological polar surface area (TPSA) is 51.3 Å². The van der Waals surface area contributed by atoms with Gasteiger partial charge in [0.15, 0.2) is 0 Å². The van der Waals surface area contributed by atoms with E-state index in [1.54, 1.807) is 7.11 Å². The first-order valence-corrected chi connectivity index (χ1v) is 5.45. The van der Waals surface area contributed by atoms with E-state index < -0.39 is 0 Å².